The van der Waals surface area contributed by atoms with Crippen LogP contribution in [0, 0.1) is 13.8 Å². The lowest BCUT2D eigenvalue weighted by Gasteiger charge is -2.20. The number of esters is 1. The third-order valence-electron chi connectivity index (χ3n) is 5.16. The average molecular weight is 437 g/mol. The summed E-state index contributed by atoms with van der Waals surface area (Å²) in [4.78, 5) is 33.3. The van der Waals surface area contributed by atoms with Crippen LogP contribution < -0.4 is 19.9 Å². The minimum atomic E-state index is -1.33. The maximum absolute atomic E-state index is 13.1. The van der Waals surface area contributed by atoms with E-state index in [0.29, 0.717) is 11.1 Å². The van der Waals surface area contributed by atoms with Crippen molar-refractivity contribution in [2.75, 3.05) is 7.11 Å². The van der Waals surface area contributed by atoms with Gasteiger partial charge >= 0.3 is 11.9 Å². The van der Waals surface area contributed by atoms with Gasteiger partial charge < -0.3 is 30.2 Å². The summed E-state index contributed by atoms with van der Waals surface area (Å²) in [7, 11) is 1.37. The lowest BCUT2D eigenvalue weighted by atomic mass is 9.96. The Morgan fingerprint density at radius 2 is 1.81 bits per heavy atom. The Labute approximate surface area is 182 Å². The van der Waals surface area contributed by atoms with Crippen molar-refractivity contribution in [3.63, 3.8) is 0 Å². The summed E-state index contributed by atoms with van der Waals surface area (Å²) in [5, 5.41) is 20.5. The normalized spacial score (nSPS) is 13.2. The third kappa shape index (κ3) is 3.26. The second-order valence-electron chi connectivity index (χ2n) is 7.12. The van der Waals surface area contributed by atoms with Gasteiger partial charge in [0.05, 0.1) is 18.7 Å². The molecule has 0 bridgehead atoms. The van der Waals surface area contributed by atoms with Crippen LogP contribution >= 0.6 is 0 Å². The molecule has 0 saturated carbocycles. The molecule has 0 radical (unpaired) electrons. The fourth-order valence-corrected chi connectivity index (χ4v) is 3.60. The first-order chi connectivity index (χ1) is 15.2. The van der Waals surface area contributed by atoms with Crippen LogP contribution in [0.25, 0.3) is 0 Å². The van der Waals surface area contributed by atoms with E-state index in [1.54, 1.807) is 19.9 Å². The fraction of sp³-hybridized carbons (Fsp3) is 0.182. The number of rotatable bonds is 4. The highest BCUT2D eigenvalue weighted by Gasteiger charge is 2.36. The summed E-state index contributed by atoms with van der Waals surface area (Å²) in [6.07, 6.45) is 2.96. The highest BCUT2D eigenvalue weighted by molar-refractivity contribution is 6.00. The second kappa shape index (κ2) is 7.82. The number of benzene rings is 2. The highest BCUT2D eigenvalue weighted by Crippen LogP contribution is 2.49. The number of methoxy groups -OCH3 is 1. The number of nitrogens with two attached hydrogens (primary N) is 1. The number of carboxylic acids is 1. The molecule has 4 N–H and O–H groups in total. The van der Waals surface area contributed by atoms with E-state index in [-0.39, 0.29) is 51.3 Å². The van der Waals surface area contributed by atoms with Crippen molar-refractivity contribution in [2.24, 2.45) is 5.73 Å². The van der Waals surface area contributed by atoms with Gasteiger partial charge in [0.1, 0.15) is 28.5 Å². The van der Waals surface area contributed by atoms with Gasteiger partial charge in [0, 0.05) is 18.0 Å². The Kier molecular flexibility index (Phi) is 5.15. The number of aromatic carboxylic acids is 1. The Balaban J connectivity index is 2.02. The molecule has 3 aromatic rings. The number of carbonyl (C=O) groups excluding carboxylic acids is 1. The maximum Gasteiger partial charge on any atom is 0.347 e. The van der Waals surface area contributed by atoms with Crippen molar-refractivity contribution in [1.29, 1.82) is 0 Å². The number of phenolic OH excluding ortho intramolecular Hbond substituents is 1. The van der Waals surface area contributed by atoms with E-state index in [1.165, 1.54) is 31.6 Å². The molecule has 0 aliphatic carbocycles. The van der Waals surface area contributed by atoms with Crippen LogP contribution in [0.4, 0.5) is 0 Å². The monoisotopic (exact) mass is 437 g/mol. The molecule has 4 rings (SSSR count). The van der Waals surface area contributed by atoms with E-state index in [9.17, 15) is 19.8 Å². The average Bonchev–Trinajstić information content (AvgIpc) is 2.91. The maximum atomic E-state index is 13.1. The van der Waals surface area contributed by atoms with Crippen LogP contribution in [-0.4, -0.2) is 39.2 Å². The Morgan fingerprint density at radius 3 is 2.44 bits per heavy atom. The Morgan fingerprint density at radius 1 is 1.12 bits per heavy atom. The zero-order chi connectivity index (χ0) is 23.2. The molecule has 0 fully saturated rings. The van der Waals surface area contributed by atoms with Crippen LogP contribution in [0.5, 0.6) is 28.7 Å². The lowest BCUT2D eigenvalue weighted by molar-refractivity contribution is 0.0685. The molecule has 1 aromatic heterocycles. The molecule has 10 heteroatoms. The van der Waals surface area contributed by atoms with E-state index in [2.05, 4.69) is 9.97 Å². The molecule has 32 heavy (non-hydrogen) atoms. The predicted molar refractivity (Wildman–Crippen MR) is 111 cm³/mol. The molecule has 1 unspecified atom stereocenters. The highest BCUT2D eigenvalue weighted by atomic mass is 16.6. The van der Waals surface area contributed by atoms with Crippen LogP contribution in [0.1, 0.15) is 49.3 Å². The number of ether oxygens (including phenoxy) is 3. The number of aromatic hydroxyl groups is 1. The molecule has 2 aromatic carbocycles. The van der Waals surface area contributed by atoms with E-state index >= 15 is 0 Å². The molecule has 0 amide bonds. The van der Waals surface area contributed by atoms with E-state index in [4.69, 9.17) is 19.9 Å². The fourth-order valence-electron chi connectivity index (χ4n) is 3.60. The van der Waals surface area contributed by atoms with Gasteiger partial charge in [0.2, 0.25) is 0 Å². The molecular weight excluding hydrogens is 418 g/mol. The molecule has 0 saturated heterocycles. The number of carboxylic acid groups (broad SMARTS) is 1. The summed E-state index contributed by atoms with van der Waals surface area (Å²) in [5.41, 5.74) is 6.77. The number of aryl methyl sites for hydroxylation is 1. The molecular formula is C22H19N3O7. The standard InChI is InChI=1S/C22H19N3O7/c1-9-7-12(26)15(16(23)20-24-5-4-6-25-20)19-14(9)22(29)32-17-10(2)13(30-3)8-11(21(27)28)18(17)31-19/h4-8,16,26H,23H2,1-3H3,(H,27,28). The van der Waals surface area contributed by atoms with Crippen LogP contribution in [-0.2, 0) is 0 Å². The van der Waals surface area contributed by atoms with Crippen molar-refractivity contribution in [3.8, 4) is 28.7 Å². The minimum Gasteiger partial charge on any atom is -0.507 e. The number of aromatic nitrogens is 2. The van der Waals surface area contributed by atoms with E-state index in [0.717, 1.165) is 0 Å². The van der Waals surface area contributed by atoms with Gasteiger partial charge in [-0.3, -0.25) is 0 Å². The number of fused-ring (bicyclic) bond motifs is 2. The van der Waals surface area contributed by atoms with Gasteiger partial charge in [-0.2, -0.15) is 0 Å². The lowest BCUT2D eigenvalue weighted by Crippen LogP contribution is -2.18. The van der Waals surface area contributed by atoms with Gasteiger partial charge in [-0.15, -0.1) is 0 Å². The first-order valence-corrected chi connectivity index (χ1v) is 9.48. The number of hydrogen-bond acceptors (Lipinski definition) is 9. The van der Waals surface area contributed by atoms with Gasteiger partial charge in [-0.05, 0) is 37.6 Å². The largest absolute Gasteiger partial charge is 0.507 e. The van der Waals surface area contributed by atoms with Crippen molar-refractivity contribution in [2.45, 2.75) is 19.9 Å². The van der Waals surface area contributed by atoms with Crippen molar-refractivity contribution >= 4 is 11.9 Å². The van der Waals surface area contributed by atoms with Crippen LogP contribution in [0.3, 0.4) is 0 Å². The predicted octanol–water partition coefficient (Wildman–Crippen LogP) is 2.88. The molecule has 10 nitrogen and oxygen atoms in total. The SMILES string of the molecule is COc1cc(C(=O)O)c2c(c1C)OC(=O)c1c(C)cc(O)c(C(N)c3ncccn3)c1O2. The van der Waals surface area contributed by atoms with E-state index < -0.39 is 18.0 Å². The number of hydrogen-bond donors (Lipinski definition) is 3. The quantitative estimate of drug-likeness (QED) is 0.410. The zero-order valence-corrected chi connectivity index (χ0v) is 17.4. The summed E-state index contributed by atoms with van der Waals surface area (Å²) in [5.74, 6) is -2.46. The van der Waals surface area contributed by atoms with E-state index in [1.807, 2.05) is 0 Å². The second-order valence-corrected chi connectivity index (χ2v) is 7.12. The molecule has 164 valence electrons. The molecule has 2 heterocycles. The van der Waals surface area contributed by atoms with Crippen LogP contribution in [0.2, 0.25) is 0 Å². The third-order valence-corrected chi connectivity index (χ3v) is 5.16. The first-order valence-electron chi connectivity index (χ1n) is 9.48. The Bertz CT molecular complexity index is 1260. The van der Waals surface area contributed by atoms with Gasteiger partial charge in [0.15, 0.2) is 17.2 Å². The smallest absolute Gasteiger partial charge is 0.347 e. The Hall–Kier alpha value is -4.18. The number of carbonyl (C=O) groups is 2. The van der Waals surface area contributed by atoms with Gasteiger partial charge in [-0.25, -0.2) is 19.6 Å². The minimum absolute atomic E-state index is 0.00455. The molecule has 1 aliphatic heterocycles. The van der Waals surface area contributed by atoms with Crippen LogP contribution in [0.15, 0.2) is 30.6 Å². The van der Waals surface area contributed by atoms with Crippen molar-refractivity contribution in [1.82, 2.24) is 9.97 Å². The number of phenols is 1. The van der Waals surface area contributed by atoms with Crippen molar-refractivity contribution < 1.29 is 34.0 Å². The molecule has 1 aliphatic rings. The molecule has 1 atom stereocenters. The zero-order valence-electron chi connectivity index (χ0n) is 17.4. The molecule has 0 spiro atoms. The van der Waals surface area contributed by atoms with Crippen molar-refractivity contribution in [3.05, 3.63) is 64.2 Å². The topological polar surface area (TPSA) is 154 Å². The van der Waals surface area contributed by atoms with Gasteiger partial charge in [-0.1, -0.05) is 0 Å². The number of nitrogens with zero attached hydrogens (tertiary/aromatic N) is 2. The summed E-state index contributed by atoms with van der Waals surface area (Å²) < 4.78 is 16.8. The summed E-state index contributed by atoms with van der Waals surface area (Å²) in [6.45, 7) is 3.18. The summed E-state index contributed by atoms with van der Waals surface area (Å²) >= 11 is 0. The first kappa shape index (κ1) is 21.1. The summed E-state index contributed by atoms with van der Waals surface area (Å²) in [6, 6.07) is 3.15. The van der Waals surface area contributed by atoms with Gasteiger partial charge in [0.25, 0.3) is 0 Å².